The third-order valence-corrected chi connectivity index (χ3v) is 15.5. The topological polar surface area (TPSA) is 156 Å². The quantitative estimate of drug-likeness (QED) is 0.125. The number of hydrogen-bond donors (Lipinski definition) is 2. The molecule has 2 aliphatic rings. The number of hydrogen-bond acceptors (Lipinski definition) is 12. The average molecular weight is 1090 g/mol. The van der Waals surface area contributed by atoms with Crippen LogP contribution in [0.2, 0.25) is 25.4 Å². The molecule has 0 spiro atoms. The van der Waals surface area contributed by atoms with Gasteiger partial charge in [-0.25, -0.2) is 9.97 Å². The van der Waals surface area contributed by atoms with E-state index >= 15 is 0 Å². The highest BCUT2D eigenvalue weighted by atomic mass is 35.5. The first-order valence-corrected chi connectivity index (χ1v) is 26.7. The molecule has 0 amide bonds. The van der Waals surface area contributed by atoms with Crippen molar-refractivity contribution < 1.29 is 0 Å². The summed E-state index contributed by atoms with van der Waals surface area (Å²) in [6.07, 6.45) is 17.7. The van der Waals surface area contributed by atoms with E-state index in [1.54, 1.807) is 53.7 Å². The summed E-state index contributed by atoms with van der Waals surface area (Å²) in [5, 5.41) is 22.8. The summed E-state index contributed by atoms with van der Waals surface area (Å²) < 4.78 is 3.54. The number of nitrogens with zero attached hydrogens (tertiary/aromatic N) is 12. The Labute approximate surface area is 453 Å². The number of pyridine rings is 2. The average Bonchev–Trinajstić information content (AvgIpc) is 4.09. The molecule has 2 aromatic carbocycles. The van der Waals surface area contributed by atoms with Gasteiger partial charge in [-0.3, -0.25) is 28.6 Å². The molecule has 19 heteroatoms. The molecular weight excluding hydrogens is 1020 g/mol. The third-order valence-electron chi connectivity index (χ3n) is 13.7. The number of fused-ring (bicyclic) bond motifs is 2. The van der Waals surface area contributed by atoms with Crippen molar-refractivity contribution in [2.75, 3.05) is 18.4 Å². The van der Waals surface area contributed by atoms with Crippen LogP contribution in [-0.2, 0) is 0 Å². The monoisotopic (exact) mass is 1080 g/mol. The zero-order chi connectivity index (χ0) is 52.2. The van der Waals surface area contributed by atoms with Crippen molar-refractivity contribution in [3.05, 3.63) is 123 Å². The summed E-state index contributed by atoms with van der Waals surface area (Å²) in [6, 6.07) is 20.6. The van der Waals surface area contributed by atoms with Gasteiger partial charge in [0.2, 0.25) is 11.2 Å². The van der Waals surface area contributed by atoms with Gasteiger partial charge in [0.25, 0.3) is 0 Å². The highest BCUT2D eigenvalue weighted by molar-refractivity contribution is 6.42. The maximum atomic E-state index is 6.41. The van der Waals surface area contributed by atoms with Crippen LogP contribution >= 0.6 is 58.0 Å². The number of anilines is 1. The lowest BCUT2D eigenvalue weighted by atomic mass is 9.85. The van der Waals surface area contributed by atoms with Crippen LogP contribution in [0, 0.1) is 0 Å². The summed E-state index contributed by atoms with van der Waals surface area (Å²) in [5.74, 6) is 0.699. The number of halogens is 5. The second kappa shape index (κ2) is 23.2. The fourth-order valence-electron chi connectivity index (χ4n) is 10.2. The van der Waals surface area contributed by atoms with Crippen molar-refractivity contribution in [1.82, 2.24) is 58.9 Å². The number of likely N-dealkylation sites (tertiary alicyclic amines) is 2. The molecular formula is C54H63Cl5N14. The fourth-order valence-corrected chi connectivity index (χ4v) is 11.0. The highest BCUT2D eigenvalue weighted by Gasteiger charge is 2.38. The summed E-state index contributed by atoms with van der Waals surface area (Å²) >= 11 is 31.1. The van der Waals surface area contributed by atoms with E-state index in [1.165, 1.54) is 45.0 Å². The molecule has 2 fully saturated rings. The number of rotatable bonds is 10. The molecule has 1 unspecified atom stereocenters. The Kier molecular flexibility index (Phi) is 17.3. The SMILES string of the molecule is CC(C)N1CCCCC1C(C)(C)Nc1nc(-c2ccncc2)c(-c2ccc(Cl)c(Cl)c2)c2nncn12.CC(C)N1CCCC[C@H]1C(C)(C)N.Clc1ccc(-c2c(-c3ccncc3)nc(Cl)n3cnnc23)cc1Cl. The lowest BCUT2D eigenvalue weighted by Crippen LogP contribution is -2.58. The van der Waals surface area contributed by atoms with Crippen molar-refractivity contribution in [1.29, 1.82) is 0 Å². The first-order valence-electron chi connectivity index (χ1n) is 24.8. The standard InChI is InChI=1S/C27H31Cl2N7.C16H8Cl3N5.C11H24N2/c1-17(2)35-14-6-5-7-22(35)27(3,4)33-26-32-24(18-10-12-30-13-11-18)23(25-34-31-16-36(25)26)19-8-9-20(28)21(29)15-19;17-11-2-1-10(7-12(11)18)13-14(9-3-5-20-6-4-9)22-16(19)24-8-21-23-15(13)24;1-9(2)13-8-6-5-7-10(13)11(3,4)12/h8-13,15-17,22H,5-7,14H2,1-4H3,(H,32,33);1-8H;9-10H,5-8,12H2,1-4H3/t;;10-/m..0/s1. The van der Waals surface area contributed by atoms with E-state index < -0.39 is 0 Å². The maximum Gasteiger partial charge on any atom is 0.211 e. The van der Waals surface area contributed by atoms with Crippen LogP contribution in [0.5, 0.6) is 0 Å². The predicted molar refractivity (Wildman–Crippen MR) is 299 cm³/mol. The lowest BCUT2D eigenvalue weighted by molar-refractivity contribution is 0.0674. The summed E-state index contributed by atoms with van der Waals surface area (Å²) in [4.78, 5) is 23.1. The number of aromatic nitrogens is 10. The Morgan fingerprint density at radius 2 is 1.01 bits per heavy atom. The van der Waals surface area contributed by atoms with Gasteiger partial charge < -0.3 is 11.1 Å². The van der Waals surface area contributed by atoms with E-state index in [9.17, 15) is 0 Å². The second-order valence-corrected chi connectivity index (χ2v) is 22.4. The van der Waals surface area contributed by atoms with Crippen LogP contribution in [0.15, 0.2) is 98.1 Å². The Balaban J connectivity index is 0.000000164. The molecule has 3 N–H and O–H groups in total. The molecule has 8 heterocycles. The normalized spacial score (nSPS) is 16.9. The van der Waals surface area contributed by atoms with Crippen molar-refractivity contribution >= 4 is 75.2 Å². The first-order chi connectivity index (χ1) is 34.8. The van der Waals surface area contributed by atoms with Gasteiger partial charge in [0.1, 0.15) is 12.7 Å². The minimum Gasteiger partial charge on any atom is -0.349 e. The lowest BCUT2D eigenvalue weighted by Gasteiger charge is -2.47. The van der Waals surface area contributed by atoms with Gasteiger partial charge >= 0.3 is 0 Å². The van der Waals surface area contributed by atoms with Crippen LogP contribution in [-0.4, -0.2) is 107 Å². The Morgan fingerprint density at radius 1 is 0.562 bits per heavy atom. The molecule has 384 valence electrons. The smallest absolute Gasteiger partial charge is 0.211 e. The molecule has 6 aromatic heterocycles. The zero-order valence-corrected chi connectivity index (χ0v) is 46.3. The number of benzene rings is 2. The zero-order valence-electron chi connectivity index (χ0n) is 42.5. The fraction of sp³-hybridized carbons (Fsp3) is 0.407. The van der Waals surface area contributed by atoms with Gasteiger partial charge in [-0.2, -0.15) is 0 Å². The summed E-state index contributed by atoms with van der Waals surface area (Å²) in [7, 11) is 0. The molecule has 2 aliphatic heterocycles. The van der Waals surface area contributed by atoms with Gasteiger partial charge in [0.15, 0.2) is 11.3 Å². The molecule has 8 aromatic rings. The molecule has 73 heavy (non-hydrogen) atoms. The van der Waals surface area contributed by atoms with Gasteiger partial charge in [-0.1, -0.05) is 71.4 Å². The summed E-state index contributed by atoms with van der Waals surface area (Å²) in [5.41, 5.74) is 13.7. The number of piperidine rings is 2. The van der Waals surface area contributed by atoms with Crippen LogP contribution in [0.1, 0.15) is 93.9 Å². The van der Waals surface area contributed by atoms with Gasteiger partial charge in [0.05, 0.1) is 48.1 Å². The predicted octanol–water partition coefficient (Wildman–Crippen LogP) is 13.4. The van der Waals surface area contributed by atoms with Crippen molar-refractivity contribution in [3.8, 4) is 44.8 Å². The largest absolute Gasteiger partial charge is 0.349 e. The van der Waals surface area contributed by atoms with Crippen molar-refractivity contribution in [2.24, 2.45) is 5.73 Å². The van der Waals surface area contributed by atoms with E-state index in [1.807, 2.05) is 46.9 Å². The highest BCUT2D eigenvalue weighted by Crippen LogP contribution is 2.40. The van der Waals surface area contributed by atoms with E-state index in [0.717, 1.165) is 52.0 Å². The van der Waals surface area contributed by atoms with Gasteiger partial charge in [0, 0.05) is 65.6 Å². The van der Waals surface area contributed by atoms with Crippen molar-refractivity contribution in [3.63, 3.8) is 0 Å². The molecule has 0 radical (unpaired) electrons. The second-order valence-electron chi connectivity index (χ2n) is 20.4. The molecule has 0 bridgehead atoms. The van der Waals surface area contributed by atoms with E-state index in [2.05, 4.69) is 106 Å². The number of nitrogens with one attached hydrogen (secondary N) is 1. The van der Waals surface area contributed by atoms with Gasteiger partial charge in [-0.05, 0) is 165 Å². The molecule has 10 rings (SSSR count). The van der Waals surface area contributed by atoms with Crippen LogP contribution in [0.4, 0.5) is 5.95 Å². The van der Waals surface area contributed by atoms with Crippen LogP contribution in [0.3, 0.4) is 0 Å². The van der Waals surface area contributed by atoms with Gasteiger partial charge in [-0.15, -0.1) is 20.4 Å². The van der Waals surface area contributed by atoms with E-state index in [-0.39, 0.29) is 16.4 Å². The Morgan fingerprint density at radius 3 is 1.48 bits per heavy atom. The molecule has 0 aliphatic carbocycles. The molecule has 2 atom stereocenters. The first kappa shape index (κ1) is 54.2. The third kappa shape index (κ3) is 12.2. The minimum atomic E-state index is -0.241. The van der Waals surface area contributed by atoms with E-state index in [0.29, 0.717) is 67.2 Å². The van der Waals surface area contributed by atoms with Crippen LogP contribution < -0.4 is 11.1 Å². The Bertz CT molecular complexity index is 3140. The minimum absolute atomic E-state index is 0.0509. The summed E-state index contributed by atoms with van der Waals surface area (Å²) in [6.45, 7) is 20.2. The maximum absolute atomic E-state index is 6.41. The molecule has 14 nitrogen and oxygen atoms in total. The van der Waals surface area contributed by atoms with Crippen LogP contribution in [0.25, 0.3) is 56.1 Å². The molecule has 0 saturated carbocycles. The van der Waals surface area contributed by atoms with E-state index in [4.69, 9.17) is 68.7 Å². The Hall–Kier alpha value is -5.03. The van der Waals surface area contributed by atoms with Crippen molar-refractivity contribution in [2.45, 2.75) is 129 Å². The number of nitrogens with two attached hydrogens (primary N) is 1. The molecule has 2 saturated heterocycles.